The molecule has 0 aliphatic carbocycles. The van der Waals surface area contributed by atoms with Crippen LogP contribution < -0.4 is 14.6 Å². The lowest BCUT2D eigenvalue weighted by Gasteiger charge is -2.30. The Kier molecular flexibility index (Phi) is 6.92. The molecule has 1 unspecified atom stereocenters. The summed E-state index contributed by atoms with van der Waals surface area (Å²) < 4.78 is 65.5. The maximum absolute atomic E-state index is 13.1. The van der Waals surface area contributed by atoms with E-state index in [0.717, 1.165) is 5.56 Å². The molecule has 0 amide bonds. The Morgan fingerprint density at radius 3 is 2.76 bits per heavy atom. The van der Waals surface area contributed by atoms with E-state index in [2.05, 4.69) is 4.98 Å². The third-order valence-electron chi connectivity index (χ3n) is 5.14. The fourth-order valence-electron chi connectivity index (χ4n) is 3.88. The van der Waals surface area contributed by atoms with Crippen LogP contribution in [-0.4, -0.2) is 33.7 Å². The molecule has 3 aromatic rings. The van der Waals surface area contributed by atoms with Crippen LogP contribution in [0.5, 0.6) is 11.5 Å². The monoisotopic (exact) mass is 488 g/mol. The quantitative estimate of drug-likeness (QED) is 0.508. The predicted molar refractivity (Wildman–Crippen MR) is 123 cm³/mol. The van der Waals surface area contributed by atoms with Crippen LogP contribution in [0.1, 0.15) is 28.4 Å². The third kappa shape index (κ3) is 5.41. The summed E-state index contributed by atoms with van der Waals surface area (Å²) in [4.78, 5) is 4.29. The summed E-state index contributed by atoms with van der Waals surface area (Å²) in [7, 11) is -2.20. The van der Waals surface area contributed by atoms with Crippen molar-refractivity contribution in [3.05, 3.63) is 83.2 Å². The summed E-state index contributed by atoms with van der Waals surface area (Å²) in [5, 5.41) is 5.23. The maximum atomic E-state index is 13.1. The number of pyridine rings is 1. The SMILES string of the molecule is COCC=Cc1cncc(C2Oc3cccc(OC(F)F)c3-c3ccc(CS(N)(=O)=O)cc32)c1. The Labute approximate surface area is 195 Å². The van der Waals surface area contributed by atoms with E-state index in [1.807, 2.05) is 18.2 Å². The van der Waals surface area contributed by atoms with E-state index in [1.54, 1.807) is 49.8 Å². The van der Waals surface area contributed by atoms with E-state index in [-0.39, 0.29) is 11.5 Å². The van der Waals surface area contributed by atoms with Crippen molar-refractivity contribution in [1.82, 2.24) is 4.98 Å². The van der Waals surface area contributed by atoms with Crippen LogP contribution in [0.15, 0.2) is 60.9 Å². The molecule has 2 N–H and O–H groups in total. The minimum atomic E-state index is -3.79. The first kappa shape index (κ1) is 23.8. The van der Waals surface area contributed by atoms with E-state index in [9.17, 15) is 17.2 Å². The van der Waals surface area contributed by atoms with Crippen molar-refractivity contribution >= 4 is 16.1 Å². The fourth-order valence-corrected chi connectivity index (χ4v) is 4.52. The van der Waals surface area contributed by atoms with Crippen molar-refractivity contribution < 1.29 is 31.4 Å². The second kappa shape index (κ2) is 9.88. The molecule has 4 rings (SSSR count). The van der Waals surface area contributed by atoms with E-state index in [4.69, 9.17) is 19.3 Å². The van der Waals surface area contributed by atoms with Crippen molar-refractivity contribution in [1.29, 1.82) is 0 Å². The van der Waals surface area contributed by atoms with Crippen LogP contribution in [0.2, 0.25) is 0 Å². The smallest absolute Gasteiger partial charge is 0.387 e. The fraction of sp³-hybridized carbons (Fsp3) is 0.208. The van der Waals surface area contributed by atoms with Crippen LogP contribution in [0.4, 0.5) is 8.78 Å². The lowest BCUT2D eigenvalue weighted by atomic mass is 9.88. The number of halogens is 2. The number of fused-ring (bicyclic) bond motifs is 3. The lowest BCUT2D eigenvalue weighted by molar-refractivity contribution is -0.0496. The van der Waals surface area contributed by atoms with Crippen molar-refractivity contribution in [2.24, 2.45) is 5.14 Å². The first-order chi connectivity index (χ1) is 16.2. The number of hydrogen-bond acceptors (Lipinski definition) is 6. The van der Waals surface area contributed by atoms with Gasteiger partial charge in [-0.05, 0) is 34.9 Å². The number of rotatable bonds is 8. The Bertz CT molecular complexity index is 1330. The second-order valence-electron chi connectivity index (χ2n) is 7.64. The summed E-state index contributed by atoms with van der Waals surface area (Å²) in [6.07, 6.45) is 6.33. The number of hydrogen-bond donors (Lipinski definition) is 1. The number of ether oxygens (including phenoxy) is 3. The molecule has 2 aromatic carbocycles. The Morgan fingerprint density at radius 1 is 1.21 bits per heavy atom. The number of aromatic nitrogens is 1. The normalized spacial score (nSPS) is 15.1. The molecule has 1 aromatic heterocycles. The van der Waals surface area contributed by atoms with Crippen LogP contribution in [0.3, 0.4) is 0 Å². The van der Waals surface area contributed by atoms with Gasteiger partial charge < -0.3 is 14.2 Å². The molecular weight excluding hydrogens is 466 g/mol. The standard InChI is InChI=1S/C24H22F2N2O5S/c1-31-9-3-4-15-10-17(13-28-12-15)23-19-11-16(14-34(27,29)30)7-8-18(19)22-20(32-23)5-2-6-21(22)33-24(25)26/h2-8,10-13,23-24H,9,14H2,1H3,(H2,27,29,30). The molecule has 1 aliphatic rings. The van der Waals surface area contributed by atoms with Crippen molar-refractivity contribution in [2.75, 3.05) is 13.7 Å². The van der Waals surface area contributed by atoms with Gasteiger partial charge in [0.1, 0.15) is 11.5 Å². The predicted octanol–water partition coefficient (Wildman–Crippen LogP) is 4.28. The van der Waals surface area contributed by atoms with E-state index in [1.165, 1.54) is 6.07 Å². The number of alkyl halides is 2. The van der Waals surface area contributed by atoms with Gasteiger partial charge in [-0.25, -0.2) is 13.6 Å². The lowest BCUT2D eigenvalue weighted by Crippen LogP contribution is -2.19. The van der Waals surface area contributed by atoms with E-state index < -0.39 is 22.7 Å². The van der Waals surface area contributed by atoms with Crippen LogP contribution in [0.25, 0.3) is 17.2 Å². The first-order valence-electron chi connectivity index (χ1n) is 10.2. The molecule has 7 nitrogen and oxygen atoms in total. The second-order valence-corrected chi connectivity index (χ2v) is 9.26. The number of nitrogens with two attached hydrogens (primary N) is 1. The van der Waals surface area contributed by atoms with Crippen molar-refractivity contribution in [3.63, 3.8) is 0 Å². The zero-order valence-corrected chi connectivity index (χ0v) is 19.0. The number of sulfonamides is 1. The average Bonchev–Trinajstić information content (AvgIpc) is 2.77. The molecule has 10 heteroatoms. The number of methoxy groups -OCH3 is 1. The summed E-state index contributed by atoms with van der Waals surface area (Å²) >= 11 is 0. The highest BCUT2D eigenvalue weighted by molar-refractivity contribution is 7.88. The van der Waals surface area contributed by atoms with Gasteiger partial charge in [-0.15, -0.1) is 0 Å². The summed E-state index contributed by atoms with van der Waals surface area (Å²) in [5.74, 6) is -0.0662. The van der Waals surface area contributed by atoms with Crippen LogP contribution >= 0.6 is 0 Å². The molecule has 1 aliphatic heterocycles. The van der Waals surface area contributed by atoms with E-state index >= 15 is 0 Å². The van der Waals surface area contributed by atoms with Crippen molar-refractivity contribution in [3.8, 4) is 22.6 Å². The Morgan fingerprint density at radius 2 is 2.03 bits per heavy atom. The first-order valence-corrected chi connectivity index (χ1v) is 12.0. The summed E-state index contributed by atoms with van der Waals surface area (Å²) in [5.41, 5.74) is 3.47. The number of benzene rings is 2. The van der Waals surface area contributed by atoms with Gasteiger partial charge in [0.2, 0.25) is 10.0 Å². The molecule has 0 spiro atoms. The van der Waals surface area contributed by atoms with Gasteiger partial charge in [-0.3, -0.25) is 4.98 Å². The highest BCUT2D eigenvalue weighted by Crippen LogP contribution is 2.49. The van der Waals surface area contributed by atoms with Crippen LogP contribution in [0, 0.1) is 0 Å². The molecule has 0 radical (unpaired) electrons. The minimum Gasteiger partial charge on any atom is -0.480 e. The van der Waals surface area contributed by atoms with Gasteiger partial charge >= 0.3 is 6.61 Å². The molecule has 34 heavy (non-hydrogen) atoms. The van der Waals surface area contributed by atoms with Gasteiger partial charge in [0.25, 0.3) is 0 Å². The molecule has 0 saturated carbocycles. The summed E-state index contributed by atoms with van der Waals surface area (Å²) in [6, 6.07) is 11.5. The zero-order valence-electron chi connectivity index (χ0n) is 18.1. The van der Waals surface area contributed by atoms with Crippen LogP contribution in [-0.2, 0) is 20.5 Å². The highest BCUT2D eigenvalue weighted by Gasteiger charge is 2.31. The summed E-state index contributed by atoms with van der Waals surface area (Å²) in [6.45, 7) is -2.58. The highest BCUT2D eigenvalue weighted by atomic mass is 32.2. The number of primary sulfonamides is 1. The third-order valence-corrected chi connectivity index (χ3v) is 5.88. The zero-order chi connectivity index (χ0) is 24.3. The molecule has 0 fully saturated rings. The average molecular weight is 489 g/mol. The largest absolute Gasteiger partial charge is 0.480 e. The van der Waals surface area contributed by atoms with Gasteiger partial charge in [-0.1, -0.05) is 36.4 Å². The van der Waals surface area contributed by atoms with Gasteiger partial charge in [0, 0.05) is 30.6 Å². The molecule has 1 atom stereocenters. The van der Waals surface area contributed by atoms with Gasteiger partial charge in [0.15, 0.2) is 6.10 Å². The topological polar surface area (TPSA) is 101 Å². The Hall–Kier alpha value is -3.34. The number of nitrogens with zero attached hydrogens (tertiary/aromatic N) is 1. The molecule has 2 heterocycles. The molecule has 0 bridgehead atoms. The maximum Gasteiger partial charge on any atom is 0.387 e. The molecule has 0 saturated heterocycles. The molecular formula is C24H22F2N2O5S. The van der Waals surface area contributed by atoms with E-state index in [0.29, 0.717) is 40.2 Å². The van der Waals surface area contributed by atoms with Gasteiger partial charge in [0.05, 0.1) is 17.9 Å². The van der Waals surface area contributed by atoms with Gasteiger partial charge in [-0.2, -0.15) is 8.78 Å². The van der Waals surface area contributed by atoms with Crippen molar-refractivity contribution in [2.45, 2.75) is 18.5 Å². The molecule has 178 valence electrons. The Balaban J connectivity index is 1.85. The minimum absolute atomic E-state index is 0.0410.